The molecule has 0 rings (SSSR count). The van der Waals surface area contributed by atoms with Crippen LogP contribution < -0.4 is 0 Å². The first-order valence-corrected chi connectivity index (χ1v) is 29.5. The number of hydrogen-bond donors (Lipinski definition) is 0. The molecule has 0 aromatic rings. The van der Waals surface area contributed by atoms with E-state index in [0.29, 0.717) is 19.3 Å². The largest absolute Gasteiger partial charge is 0.462 e. The topological polar surface area (TPSA) is 78.9 Å². The number of allylic oxidation sites excluding steroid dienone is 20. The Labute approximate surface area is 443 Å². The summed E-state index contributed by atoms with van der Waals surface area (Å²) in [4.78, 5) is 37.9. The number of hydrogen-bond acceptors (Lipinski definition) is 6. The number of unbranched alkanes of at least 4 members (excludes halogenated alkanes) is 21. The molecule has 0 aliphatic heterocycles. The Morgan fingerprint density at radius 1 is 0.292 bits per heavy atom. The summed E-state index contributed by atoms with van der Waals surface area (Å²) in [6, 6.07) is 0. The number of ether oxygens (including phenoxy) is 3. The van der Waals surface area contributed by atoms with Crippen molar-refractivity contribution in [3.63, 3.8) is 0 Å². The van der Waals surface area contributed by atoms with Gasteiger partial charge in [0.15, 0.2) is 6.10 Å². The zero-order chi connectivity index (χ0) is 52.2. The van der Waals surface area contributed by atoms with E-state index in [2.05, 4.69) is 142 Å². The van der Waals surface area contributed by atoms with Gasteiger partial charge in [0.05, 0.1) is 0 Å². The van der Waals surface area contributed by atoms with E-state index >= 15 is 0 Å². The van der Waals surface area contributed by atoms with Gasteiger partial charge >= 0.3 is 17.9 Å². The van der Waals surface area contributed by atoms with Crippen LogP contribution in [0.2, 0.25) is 0 Å². The third kappa shape index (κ3) is 56.7. The molecule has 0 spiro atoms. The molecule has 72 heavy (non-hydrogen) atoms. The Kier molecular flexibility index (Phi) is 55.9. The maximum absolute atomic E-state index is 12.8. The van der Waals surface area contributed by atoms with Crippen LogP contribution >= 0.6 is 0 Å². The molecule has 0 aromatic carbocycles. The molecule has 0 saturated heterocycles. The second kappa shape index (κ2) is 59.4. The number of carbonyl (C=O) groups is 3. The van der Waals surface area contributed by atoms with Crippen LogP contribution in [-0.2, 0) is 28.6 Å². The average Bonchev–Trinajstić information content (AvgIpc) is 3.38. The summed E-state index contributed by atoms with van der Waals surface area (Å²) < 4.78 is 16.8. The minimum atomic E-state index is -0.793. The third-order valence-corrected chi connectivity index (χ3v) is 12.2. The van der Waals surface area contributed by atoms with Gasteiger partial charge in [0.1, 0.15) is 13.2 Å². The van der Waals surface area contributed by atoms with E-state index in [1.54, 1.807) is 0 Å². The van der Waals surface area contributed by atoms with Crippen molar-refractivity contribution in [3.8, 4) is 0 Å². The molecule has 0 N–H and O–H groups in total. The van der Waals surface area contributed by atoms with E-state index < -0.39 is 6.10 Å². The lowest BCUT2D eigenvalue weighted by Gasteiger charge is -2.18. The summed E-state index contributed by atoms with van der Waals surface area (Å²) in [6.07, 6.45) is 82.2. The summed E-state index contributed by atoms with van der Waals surface area (Å²) in [5.41, 5.74) is 0. The maximum atomic E-state index is 12.8. The predicted octanol–water partition coefficient (Wildman–Crippen LogP) is 20.0. The van der Waals surface area contributed by atoms with Gasteiger partial charge in [-0.3, -0.25) is 14.4 Å². The van der Waals surface area contributed by atoms with Gasteiger partial charge in [-0.2, -0.15) is 0 Å². The fourth-order valence-electron chi connectivity index (χ4n) is 7.85. The van der Waals surface area contributed by atoms with E-state index in [0.717, 1.165) is 128 Å². The quantitative estimate of drug-likeness (QED) is 0.0261. The van der Waals surface area contributed by atoms with Gasteiger partial charge in [-0.05, 0) is 109 Å². The van der Waals surface area contributed by atoms with E-state index in [4.69, 9.17) is 14.2 Å². The molecule has 6 nitrogen and oxygen atoms in total. The lowest BCUT2D eigenvalue weighted by Crippen LogP contribution is -2.30. The number of carbonyl (C=O) groups excluding carboxylic acids is 3. The summed E-state index contributed by atoms with van der Waals surface area (Å²) in [7, 11) is 0. The first-order valence-electron chi connectivity index (χ1n) is 29.5. The summed E-state index contributed by atoms with van der Waals surface area (Å²) in [5, 5.41) is 0. The zero-order valence-electron chi connectivity index (χ0n) is 46.7. The highest BCUT2D eigenvalue weighted by Gasteiger charge is 2.19. The van der Waals surface area contributed by atoms with E-state index in [-0.39, 0.29) is 31.1 Å². The smallest absolute Gasteiger partial charge is 0.306 e. The molecule has 0 radical (unpaired) electrons. The molecule has 0 saturated carbocycles. The normalized spacial score (nSPS) is 13.0. The molecular weight excluding hydrogens is 889 g/mol. The first-order chi connectivity index (χ1) is 35.5. The SMILES string of the molecule is CC/C=C\C/C=C\C/C=C\C/C=C\C/C=C\C/C=C\C/C=C\CCCCCCCCCCCCCC(=O)OCC(COC(=O)CCCCCCCCCC)OC(=O)CCCCC/C=C\C/C=C\C/C=C\CC. The van der Waals surface area contributed by atoms with Gasteiger partial charge < -0.3 is 14.2 Å². The lowest BCUT2D eigenvalue weighted by molar-refractivity contribution is -0.167. The first kappa shape index (κ1) is 67.8. The minimum absolute atomic E-state index is 0.0906. The Morgan fingerprint density at radius 2 is 0.542 bits per heavy atom. The maximum Gasteiger partial charge on any atom is 0.306 e. The van der Waals surface area contributed by atoms with Crippen molar-refractivity contribution < 1.29 is 28.6 Å². The Balaban J connectivity index is 4.12. The summed E-state index contributed by atoms with van der Waals surface area (Å²) in [5.74, 6) is -0.930. The van der Waals surface area contributed by atoms with Crippen molar-refractivity contribution in [1.29, 1.82) is 0 Å². The standard InChI is InChI=1S/C66H108O6/c1-4-7-10-13-16-19-21-23-24-25-26-27-28-29-30-31-32-33-34-35-36-37-38-39-40-41-42-44-45-47-50-53-56-59-65(68)71-62-63(61-70-64(67)58-55-52-49-18-15-12-9-6-3)72-66(69)60-57-54-51-48-46-43-22-20-17-14-11-8-5-2/h7-8,10-11,16-17,19-20,23-24,26-27,29-30,32-33,35-36,43,46,63H,4-6,9,12-15,18,21-22,25,28,31,34,37-42,44-45,47-62H2,1-3H3/b10-7-,11-8-,19-16-,20-17-,24-23-,27-26-,30-29-,33-32-,36-35-,46-43-. The molecule has 0 fully saturated rings. The van der Waals surface area contributed by atoms with E-state index in [9.17, 15) is 14.4 Å². The highest BCUT2D eigenvalue weighted by molar-refractivity contribution is 5.71. The van der Waals surface area contributed by atoms with Crippen LogP contribution in [0.4, 0.5) is 0 Å². The van der Waals surface area contributed by atoms with Crippen LogP contribution in [0.1, 0.15) is 258 Å². The lowest BCUT2D eigenvalue weighted by atomic mass is 10.0. The molecular formula is C66H108O6. The Hall–Kier alpha value is -4.19. The monoisotopic (exact) mass is 997 g/mol. The molecule has 408 valence electrons. The van der Waals surface area contributed by atoms with Crippen LogP contribution in [0.25, 0.3) is 0 Å². The van der Waals surface area contributed by atoms with Crippen molar-refractivity contribution in [2.75, 3.05) is 13.2 Å². The van der Waals surface area contributed by atoms with Gasteiger partial charge in [-0.25, -0.2) is 0 Å². The van der Waals surface area contributed by atoms with Gasteiger partial charge in [0.25, 0.3) is 0 Å². The molecule has 0 heterocycles. The van der Waals surface area contributed by atoms with Crippen molar-refractivity contribution in [2.24, 2.45) is 0 Å². The summed E-state index contributed by atoms with van der Waals surface area (Å²) in [6.45, 7) is 6.35. The minimum Gasteiger partial charge on any atom is -0.462 e. The van der Waals surface area contributed by atoms with Crippen molar-refractivity contribution >= 4 is 17.9 Å². The molecule has 1 unspecified atom stereocenters. The van der Waals surface area contributed by atoms with E-state index in [1.165, 1.54) is 89.9 Å². The predicted molar refractivity (Wildman–Crippen MR) is 311 cm³/mol. The Bertz CT molecular complexity index is 1520. The fourth-order valence-corrected chi connectivity index (χ4v) is 7.85. The van der Waals surface area contributed by atoms with Crippen LogP contribution in [0.15, 0.2) is 122 Å². The fraction of sp³-hybridized carbons (Fsp3) is 0.652. The van der Waals surface area contributed by atoms with Crippen LogP contribution in [0.5, 0.6) is 0 Å². The van der Waals surface area contributed by atoms with Crippen LogP contribution in [0.3, 0.4) is 0 Å². The molecule has 0 bridgehead atoms. The second-order valence-corrected chi connectivity index (χ2v) is 19.1. The van der Waals surface area contributed by atoms with Gasteiger partial charge in [0.2, 0.25) is 0 Å². The Morgan fingerprint density at radius 3 is 0.861 bits per heavy atom. The van der Waals surface area contributed by atoms with Gasteiger partial charge in [-0.15, -0.1) is 0 Å². The molecule has 0 aromatic heterocycles. The molecule has 0 amide bonds. The average molecular weight is 998 g/mol. The van der Waals surface area contributed by atoms with Crippen molar-refractivity contribution in [2.45, 2.75) is 264 Å². The summed E-state index contributed by atoms with van der Waals surface area (Å²) >= 11 is 0. The van der Waals surface area contributed by atoms with Crippen molar-refractivity contribution in [1.82, 2.24) is 0 Å². The van der Waals surface area contributed by atoms with Crippen molar-refractivity contribution in [3.05, 3.63) is 122 Å². The van der Waals surface area contributed by atoms with Crippen LogP contribution in [0, 0.1) is 0 Å². The van der Waals surface area contributed by atoms with Crippen LogP contribution in [-0.4, -0.2) is 37.2 Å². The molecule has 0 aliphatic rings. The second-order valence-electron chi connectivity index (χ2n) is 19.1. The molecule has 1 atom stereocenters. The zero-order valence-corrected chi connectivity index (χ0v) is 46.7. The van der Waals surface area contributed by atoms with Gasteiger partial charge in [-0.1, -0.05) is 251 Å². The molecule has 0 aliphatic carbocycles. The van der Waals surface area contributed by atoms with Gasteiger partial charge in [0, 0.05) is 19.3 Å². The number of esters is 3. The third-order valence-electron chi connectivity index (χ3n) is 12.2. The number of rotatable bonds is 52. The van der Waals surface area contributed by atoms with E-state index in [1.807, 2.05) is 0 Å². The highest BCUT2D eigenvalue weighted by atomic mass is 16.6. The molecule has 6 heteroatoms. The highest BCUT2D eigenvalue weighted by Crippen LogP contribution is 2.15.